The van der Waals surface area contributed by atoms with Crippen LogP contribution in [0, 0.1) is 0 Å². The molecule has 3 rings (SSSR count). The van der Waals surface area contributed by atoms with Crippen molar-refractivity contribution in [2.75, 3.05) is 6.61 Å². The minimum absolute atomic E-state index is 0.0341. The summed E-state index contributed by atoms with van der Waals surface area (Å²) in [7, 11) is -4.60. The molecule has 1 aromatic heterocycles. The molecular weight excluding hydrogens is 403 g/mol. The number of H-pyrrole nitrogens is 1. The summed E-state index contributed by atoms with van der Waals surface area (Å²) in [5.41, 5.74) is -1.29. The Morgan fingerprint density at radius 2 is 2.07 bits per heavy atom. The van der Waals surface area contributed by atoms with Gasteiger partial charge in [-0.3, -0.25) is 23.8 Å². The van der Waals surface area contributed by atoms with Gasteiger partial charge >= 0.3 is 13.5 Å². The molecule has 12 heteroatoms. The van der Waals surface area contributed by atoms with E-state index in [1.54, 1.807) is 12.1 Å². The number of nitrogens with one attached hydrogen (secondary N) is 1. The van der Waals surface area contributed by atoms with Gasteiger partial charge in [-0.1, -0.05) is 23.7 Å². The molecular formula is C15H16ClN2O8P. The van der Waals surface area contributed by atoms with Crippen LogP contribution < -0.4 is 15.8 Å². The van der Waals surface area contributed by atoms with Gasteiger partial charge in [0, 0.05) is 18.7 Å². The van der Waals surface area contributed by atoms with Crippen LogP contribution in [0.2, 0.25) is 5.02 Å². The molecule has 0 amide bonds. The summed E-state index contributed by atoms with van der Waals surface area (Å²) in [6.45, 7) is -0.522. The van der Waals surface area contributed by atoms with Crippen LogP contribution in [0.1, 0.15) is 12.6 Å². The number of ether oxygens (including phenoxy) is 1. The van der Waals surface area contributed by atoms with Crippen LogP contribution in [0.15, 0.2) is 46.1 Å². The number of aromatic amines is 1. The lowest BCUT2D eigenvalue weighted by molar-refractivity contribution is -0.0449. The molecule has 1 aliphatic heterocycles. The van der Waals surface area contributed by atoms with Gasteiger partial charge in [0.1, 0.15) is 24.2 Å². The highest BCUT2D eigenvalue weighted by molar-refractivity contribution is 7.47. The number of hydrogen-bond acceptors (Lipinski definition) is 7. The van der Waals surface area contributed by atoms with Gasteiger partial charge in [0.25, 0.3) is 5.56 Å². The molecule has 0 radical (unpaired) electrons. The van der Waals surface area contributed by atoms with Gasteiger partial charge in [-0.15, -0.1) is 0 Å². The summed E-state index contributed by atoms with van der Waals surface area (Å²) in [6, 6.07) is 7.19. The van der Waals surface area contributed by atoms with Crippen LogP contribution >= 0.6 is 19.4 Å². The zero-order valence-corrected chi connectivity index (χ0v) is 15.4. The molecule has 0 spiro atoms. The Morgan fingerprint density at radius 1 is 1.33 bits per heavy atom. The molecule has 1 fully saturated rings. The molecule has 1 aromatic carbocycles. The summed E-state index contributed by atoms with van der Waals surface area (Å²) < 4.78 is 29.0. The highest BCUT2D eigenvalue weighted by atomic mass is 35.5. The zero-order chi connectivity index (χ0) is 19.6. The van der Waals surface area contributed by atoms with Gasteiger partial charge in [0.15, 0.2) is 0 Å². The van der Waals surface area contributed by atoms with Crippen LogP contribution in [0.5, 0.6) is 5.75 Å². The quantitative estimate of drug-likeness (QED) is 0.591. The SMILES string of the molecule is O=c1ccn([C@H]2C[C@H](OP(=O)(O)Oc3ccccc3Cl)[C@@H](CO)O2)c(=O)[nH]1. The Morgan fingerprint density at radius 3 is 2.74 bits per heavy atom. The number of nitrogens with zero attached hydrogens (tertiary/aromatic N) is 1. The van der Waals surface area contributed by atoms with Crippen molar-refractivity contribution in [3.8, 4) is 5.75 Å². The Bertz CT molecular complexity index is 977. The number of aromatic nitrogens is 2. The van der Waals surface area contributed by atoms with Crippen molar-refractivity contribution < 1.29 is 28.3 Å². The normalized spacial score (nSPS) is 24.5. The maximum Gasteiger partial charge on any atom is 0.527 e. The zero-order valence-electron chi connectivity index (χ0n) is 13.7. The molecule has 2 aromatic rings. The molecule has 0 saturated carbocycles. The second-order valence-electron chi connectivity index (χ2n) is 5.70. The number of aliphatic hydroxyl groups excluding tert-OH is 1. The van der Waals surface area contributed by atoms with Crippen molar-refractivity contribution in [2.24, 2.45) is 0 Å². The molecule has 4 atom stereocenters. The van der Waals surface area contributed by atoms with Gasteiger partial charge in [0.05, 0.1) is 11.6 Å². The Labute approximate surface area is 157 Å². The smallest absolute Gasteiger partial charge is 0.403 e. The lowest BCUT2D eigenvalue weighted by atomic mass is 10.2. The number of phosphoric ester groups is 1. The third-order valence-electron chi connectivity index (χ3n) is 3.84. The van der Waals surface area contributed by atoms with Crippen molar-refractivity contribution >= 4 is 19.4 Å². The third-order valence-corrected chi connectivity index (χ3v) is 5.12. The minimum Gasteiger partial charge on any atom is -0.403 e. The summed E-state index contributed by atoms with van der Waals surface area (Å²) in [5, 5.41) is 9.58. The first kappa shape index (κ1) is 19.8. The van der Waals surface area contributed by atoms with E-state index in [4.69, 9.17) is 25.4 Å². The van der Waals surface area contributed by atoms with Gasteiger partial charge < -0.3 is 14.4 Å². The van der Waals surface area contributed by atoms with Crippen molar-refractivity contribution in [3.05, 3.63) is 62.4 Å². The first-order valence-corrected chi connectivity index (χ1v) is 9.69. The molecule has 2 heterocycles. The van der Waals surface area contributed by atoms with Crippen LogP contribution in [-0.2, 0) is 13.8 Å². The fourth-order valence-electron chi connectivity index (χ4n) is 2.64. The van der Waals surface area contributed by atoms with E-state index < -0.39 is 44.1 Å². The molecule has 1 aliphatic rings. The van der Waals surface area contributed by atoms with E-state index in [0.29, 0.717) is 0 Å². The molecule has 146 valence electrons. The number of rotatable bonds is 6. The summed E-state index contributed by atoms with van der Waals surface area (Å²) in [5.74, 6) is -0.0436. The number of para-hydroxylation sites is 1. The Kier molecular flexibility index (Phi) is 5.85. The number of aliphatic hydroxyl groups is 1. The van der Waals surface area contributed by atoms with Crippen molar-refractivity contribution in [1.29, 1.82) is 0 Å². The van der Waals surface area contributed by atoms with E-state index >= 15 is 0 Å². The van der Waals surface area contributed by atoms with Gasteiger partial charge in [-0.2, -0.15) is 0 Å². The number of benzene rings is 1. The largest absolute Gasteiger partial charge is 0.527 e. The topological polar surface area (TPSA) is 140 Å². The van der Waals surface area contributed by atoms with Crippen LogP contribution in [0.25, 0.3) is 0 Å². The summed E-state index contributed by atoms with van der Waals surface area (Å²) >= 11 is 5.89. The lowest BCUT2D eigenvalue weighted by Crippen LogP contribution is -2.31. The fraction of sp³-hybridized carbons (Fsp3) is 0.333. The molecule has 10 nitrogen and oxygen atoms in total. The van der Waals surface area contributed by atoms with E-state index in [-0.39, 0.29) is 17.2 Å². The van der Waals surface area contributed by atoms with Gasteiger partial charge in [0.2, 0.25) is 0 Å². The average Bonchev–Trinajstić information content (AvgIpc) is 2.98. The predicted octanol–water partition coefficient (Wildman–Crippen LogP) is 1.03. The highest BCUT2D eigenvalue weighted by Gasteiger charge is 2.42. The van der Waals surface area contributed by atoms with Crippen molar-refractivity contribution in [1.82, 2.24) is 9.55 Å². The van der Waals surface area contributed by atoms with Crippen LogP contribution in [-0.4, -0.2) is 38.4 Å². The number of hydrogen-bond donors (Lipinski definition) is 3. The summed E-state index contributed by atoms with van der Waals surface area (Å²) in [6.07, 6.45) is -1.74. The Balaban J connectivity index is 1.75. The first-order chi connectivity index (χ1) is 12.8. The Hall–Kier alpha value is -1.94. The second kappa shape index (κ2) is 7.97. The number of halogens is 1. The number of phosphoric acid groups is 1. The first-order valence-electron chi connectivity index (χ1n) is 7.82. The third kappa shape index (κ3) is 4.67. The van der Waals surface area contributed by atoms with Crippen molar-refractivity contribution in [3.63, 3.8) is 0 Å². The summed E-state index contributed by atoms with van der Waals surface area (Å²) in [4.78, 5) is 35.1. The van der Waals surface area contributed by atoms with E-state index in [9.17, 15) is 24.2 Å². The molecule has 1 unspecified atom stereocenters. The van der Waals surface area contributed by atoms with Crippen LogP contribution in [0.3, 0.4) is 0 Å². The van der Waals surface area contributed by atoms with Gasteiger partial charge in [-0.25, -0.2) is 9.36 Å². The van der Waals surface area contributed by atoms with Gasteiger partial charge in [-0.05, 0) is 12.1 Å². The monoisotopic (exact) mass is 418 g/mol. The molecule has 27 heavy (non-hydrogen) atoms. The van der Waals surface area contributed by atoms with E-state index in [1.807, 2.05) is 0 Å². The van der Waals surface area contributed by atoms with Crippen LogP contribution in [0.4, 0.5) is 0 Å². The maximum absolute atomic E-state index is 12.3. The van der Waals surface area contributed by atoms with E-state index in [1.165, 1.54) is 18.3 Å². The molecule has 1 saturated heterocycles. The standard InChI is InChI=1S/C15H16ClN2O8P/c16-9-3-1-2-4-10(9)25-27(22,23)26-11-7-14(24-12(11)8-19)18-6-5-13(20)17-15(18)21/h1-6,11-12,14,19H,7-8H2,(H,22,23)(H,17,20,21)/t11-,12+,14+/m0/s1. The predicted molar refractivity (Wildman–Crippen MR) is 93.7 cm³/mol. The maximum atomic E-state index is 12.3. The van der Waals surface area contributed by atoms with Crippen molar-refractivity contribution in [2.45, 2.75) is 24.9 Å². The van der Waals surface area contributed by atoms with E-state index in [0.717, 1.165) is 10.6 Å². The fourth-order valence-corrected chi connectivity index (χ4v) is 3.88. The highest BCUT2D eigenvalue weighted by Crippen LogP contribution is 2.49. The molecule has 0 aliphatic carbocycles. The molecule has 3 N–H and O–H groups in total. The average molecular weight is 419 g/mol. The van der Waals surface area contributed by atoms with E-state index in [2.05, 4.69) is 4.98 Å². The minimum atomic E-state index is -4.60. The lowest BCUT2D eigenvalue weighted by Gasteiger charge is -2.20. The second-order valence-corrected chi connectivity index (χ2v) is 7.44. The molecule has 0 bridgehead atoms.